The molecule has 1 aliphatic carbocycles. The lowest BCUT2D eigenvalue weighted by molar-refractivity contribution is 0.862. The molecular weight excluding hydrogens is 186 g/mol. The van der Waals surface area contributed by atoms with Crippen LogP contribution < -0.4 is 0 Å². The van der Waals surface area contributed by atoms with Gasteiger partial charge < -0.3 is 0 Å². The van der Waals surface area contributed by atoms with Crippen molar-refractivity contribution in [1.82, 2.24) is 0 Å². The van der Waals surface area contributed by atoms with Crippen molar-refractivity contribution in [2.75, 3.05) is 5.75 Å². The Kier molecular flexibility index (Phi) is 2.42. The molecule has 0 bridgehead atoms. The van der Waals surface area contributed by atoms with Crippen molar-refractivity contribution in [3.05, 3.63) is 36.1 Å². The fourth-order valence-corrected chi connectivity index (χ4v) is 2.33. The molecule has 0 saturated heterocycles. The lowest BCUT2D eigenvalue weighted by Crippen LogP contribution is -2.09. The second-order valence-corrected chi connectivity index (χ2v) is 4.41. The third-order valence-corrected chi connectivity index (χ3v) is 3.19. The molecule has 0 amide bonds. The van der Waals surface area contributed by atoms with Crippen molar-refractivity contribution in [1.29, 1.82) is 0 Å². The lowest BCUT2D eigenvalue weighted by Gasteiger charge is -2.17. The Morgan fingerprint density at radius 3 is 3.25 bits per heavy atom. The molecule has 0 aromatic heterocycles. The van der Waals surface area contributed by atoms with E-state index >= 15 is 0 Å². The van der Waals surface area contributed by atoms with Gasteiger partial charge in [0.2, 0.25) is 0 Å². The summed E-state index contributed by atoms with van der Waals surface area (Å²) in [6.45, 7) is 0. The molecule has 0 radical (unpaired) electrons. The Morgan fingerprint density at radius 2 is 2.33 bits per heavy atom. The predicted molar refractivity (Wildman–Crippen MR) is 58.7 cm³/mol. The van der Waals surface area contributed by atoms with E-state index in [1.54, 1.807) is 11.8 Å². The summed E-state index contributed by atoms with van der Waals surface area (Å²) in [5.41, 5.74) is 1.13. The minimum Gasteiger partial charge on any atom is -0.239 e. The van der Waals surface area contributed by atoms with Crippen LogP contribution in [0.2, 0.25) is 0 Å². The van der Waals surface area contributed by atoms with Gasteiger partial charge >= 0.3 is 0 Å². The first-order chi connectivity index (χ1) is 5.86. The molecule has 12 heavy (non-hydrogen) atoms. The molecule has 0 N–H and O–H groups in total. The molecular formula is C9H9NS2. The third kappa shape index (κ3) is 1.67. The molecule has 0 saturated carbocycles. The topological polar surface area (TPSA) is 12.4 Å². The maximum Gasteiger partial charge on any atom is 0.127 e. The molecule has 1 unspecified atom stereocenters. The highest BCUT2D eigenvalue weighted by Gasteiger charge is 2.17. The van der Waals surface area contributed by atoms with Crippen LogP contribution in [0.25, 0.3) is 0 Å². The minimum atomic E-state index is 0.473. The van der Waals surface area contributed by atoms with Gasteiger partial charge in [-0.3, -0.25) is 0 Å². The van der Waals surface area contributed by atoms with Gasteiger partial charge in [-0.15, -0.1) is 12.6 Å². The number of fused-ring (bicyclic) bond motifs is 1. The molecule has 0 aromatic carbocycles. The predicted octanol–water partition coefficient (Wildman–Crippen LogP) is 2.65. The van der Waals surface area contributed by atoms with E-state index in [9.17, 15) is 0 Å². The second-order valence-electron chi connectivity index (χ2n) is 2.67. The number of aliphatic imine (C=N–C) groups is 1. The highest BCUT2D eigenvalue weighted by molar-refractivity contribution is 8.32. The molecule has 1 nitrogen and oxygen atoms in total. The zero-order chi connectivity index (χ0) is 8.39. The first-order valence-electron chi connectivity index (χ1n) is 3.82. The van der Waals surface area contributed by atoms with Crippen LogP contribution in [0, 0.1) is 5.92 Å². The van der Waals surface area contributed by atoms with Gasteiger partial charge in [0.1, 0.15) is 4.38 Å². The molecule has 0 aromatic rings. The quantitative estimate of drug-likeness (QED) is 0.586. The molecule has 0 spiro atoms. The molecule has 1 aliphatic heterocycles. The highest BCUT2D eigenvalue weighted by atomic mass is 32.2. The summed E-state index contributed by atoms with van der Waals surface area (Å²) in [5, 5.41) is 0. The minimum absolute atomic E-state index is 0.473. The van der Waals surface area contributed by atoms with Crippen molar-refractivity contribution in [3.8, 4) is 0 Å². The Morgan fingerprint density at radius 1 is 1.42 bits per heavy atom. The zero-order valence-corrected chi connectivity index (χ0v) is 8.18. The number of nitrogens with zero attached hydrogens (tertiary/aromatic N) is 1. The van der Waals surface area contributed by atoms with Crippen LogP contribution in [0.4, 0.5) is 0 Å². The van der Waals surface area contributed by atoms with E-state index < -0.39 is 0 Å². The van der Waals surface area contributed by atoms with E-state index in [-0.39, 0.29) is 0 Å². The Balaban J connectivity index is 2.34. The average molecular weight is 195 g/mol. The summed E-state index contributed by atoms with van der Waals surface area (Å²) >= 11 is 5.94. The summed E-state index contributed by atoms with van der Waals surface area (Å²) in [7, 11) is 0. The van der Waals surface area contributed by atoms with Gasteiger partial charge in [-0.2, -0.15) is 0 Å². The molecule has 1 heterocycles. The summed E-state index contributed by atoms with van der Waals surface area (Å²) in [4.78, 5) is 4.37. The summed E-state index contributed by atoms with van der Waals surface area (Å²) in [5.74, 6) is 1.53. The lowest BCUT2D eigenvalue weighted by atomic mass is 10.1. The molecule has 0 fully saturated rings. The highest BCUT2D eigenvalue weighted by Crippen LogP contribution is 2.29. The number of thioether (sulfide) groups is 1. The van der Waals surface area contributed by atoms with Crippen LogP contribution in [0.15, 0.2) is 41.1 Å². The fraction of sp³-hybridized carbons (Fsp3) is 0.222. The Hall–Kier alpha value is -0.410. The number of allylic oxidation sites excluding steroid dienone is 5. The van der Waals surface area contributed by atoms with Gasteiger partial charge in [0.15, 0.2) is 0 Å². The van der Waals surface area contributed by atoms with Crippen molar-refractivity contribution >= 4 is 28.8 Å². The molecule has 2 rings (SSSR count). The van der Waals surface area contributed by atoms with Gasteiger partial charge in [-0.05, 0) is 6.08 Å². The summed E-state index contributed by atoms with van der Waals surface area (Å²) in [6, 6.07) is 0. The van der Waals surface area contributed by atoms with Gasteiger partial charge in [-0.25, -0.2) is 4.99 Å². The van der Waals surface area contributed by atoms with Crippen LogP contribution in [-0.2, 0) is 0 Å². The fourth-order valence-electron chi connectivity index (χ4n) is 1.21. The van der Waals surface area contributed by atoms with Crippen molar-refractivity contribution in [2.24, 2.45) is 10.9 Å². The second kappa shape index (κ2) is 3.54. The normalized spacial score (nSPS) is 27.2. The molecule has 62 valence electrons. The number of thiol groups is 1. The molecule has 3 heteroatoms. The van der Waals surface area contributed by atoms with Crippen molar-refractivity contribution < 1.29 is 0 Å². The summed E-state index contributed by atoms with van der Waals surface area (Å²) < 4.78 is 0.876. The monoisotopic (exact) mass is 195 g/mol. The number of hydrogen-bond donors (Lipinski definition) is 1. The van der Waals surface area contributed by atoms with Crippen LogP contribution in [0.1, 0.15) is 0 Å². The van der Waals surface area contributed by atoms with Crippen LogP contribution >= 0.6 is 24.4 Å². The first kappa shape index (κ1) is 8.20. The zero-order valence-electron chi connectivity index (χ0n) is 6.47. The van der Waals surface area contributed by atoms with E-state index in [1.807, 2.05) is 12.2 Å². The largest absolute Gasteiger partial charge is 0.239 e. The van der Waals surface area contributed by atoms with E-state index in [4.69, 9.17) is 0 Å². The maximum absolute atomic E-state index is 4.37. The molecule has 2 aliphatic rings. The van der Waals surface area contributed by atoms with E-state index in [0.717, 1.165) is 15.8 Å². The summed E-state index contributed by atoms with van der Waals surface area (Å²) in [6.07, 6.45) is 10.4. The van der Waals surface area contributed by atoms with Crippen molar-refractivity contribution in [2.45, 2.75) is 0 Å². The van der Waals surface area contributed by atoms with Crippen LogP contribution in [0.5, 0.6) is 0 Å². The maximum atomic E-state index is 4.37. The Labute approximate surface area is 81.8 Å². The first-order valence-corrected chi connectivity index (χ1v) is 5.25. The average Bonchev–Trinajstić information content (AvgIpc) is 2.28. The number of hydrogen-bond acceptors (Lipinski definition) is 2. The van der Waals surface area contributed by atoms with Gasteiger partial charge in [0.05, 0.1) is 5.70 Å². The molecule has 1 atom stereocenters. The van der Waals surface area contributed by atoms with E-state index in [2.05, 4.69) is 35.8 Å². The smallest absolute Gasteiger partial charge is 0.127 e. The SMILES string of the molecule is SC1=NC2=CC=CC=CC2CS1. The van der Waals surface area contributed by atoms with E-state index in [1.165, 1.54) is 0 Å². The van der Waals surface area contributed by atoms with Crippen LogP contribution in [0.3, 0.4) is 0 Å². The Bertz CT molecular complexity index is 300. The third-order valence-electron chi connectivity index (χ3n) is 1.83. The van der Waals surface area contributed by atoms with Crippen molar-refractivity contribution in [3.63, 3.8) is 0 Å². The van der Waals surface area contributed by atoms with E-state index in [0.29, 0.717) is 5.92 Å². The van der Waals surface area contributed by atoms with Crippen LogP contribution in [-0.4, -0.2) is 10.1 Å². The van der Waals surface area contributed by atoms with Gasteiger partial charge in [-0.1, -0.05) is 36.1 Å². The van der Waals surface area contributed by atoms with Gasteiger partial charge in [0, 0.05) is 11.7 Å². The number of rotatable bonds is 0. The van der Waals surface area contributed by atoms with Gasteiger partial charge in [0.25, 0.3) is 0 Å². The standard InChI is InChI=1S/C9H9NS2/c11-9-10-8-5-3-1-2-4-7(8)6-12-9/h1-5,7H,6H2,(H,10,11).